The molecule has 2 aromatic carbocycles. The van der Waals surface area contributed by atoms with Gasteiger partial charge in [-0.3, -0.25) is 4.79 Å². The number of carbonyl (C=O) groups excluding carboxylic acids is 2. The van der Waals surface area contributed by atoms with Crippen LogP contribution in [0.4, 0.5) is 14.9 Å². The van der Waals surface area contributed by atoms with Crippen LogP contribution in [0.5, 0.6) is 0 Å². The number of ketones is 1. The summed E-state index contributed by atoms with van der Waals surface area (Å²) in [5.74, 6) is -0.396. The Morgan fingerprint density at radius 1 is 0.920 bits per heavy atom. The summed E-state index contributed by atoms with van der Waals surface area (Å²) in [6, 6.07) is 17.8. The second kappa shape index (κ2) is 7.72. The number of hydrogen-bond acceptors (Lipinski definition) is 3. The molecule has 0 bridgehead atoms. The Morgan fingerprint density at radius 3 is 2.36 bits per heavy atom. The third kappa shape index (κ3) is 4.51. The number of halogens is 1. The van der Waals surface area contributed by atoms with Gasteiger partial charge in [0.15, 0.2) is 0 Å². The van der Waals surface area contributed by atoms with Crippen molar-refractivity contribution in [3.8, 4) is 0 Å². The molecule has 3 rings (SSSR count). The minimum Gasteiger partial charge on any atom is -0.333 e. The van der Waals surface area contributed by atoms with Crippen LogP contribution in [0.25, 0.3) is 0 Å². The van der Waals surface area contributed by atoms with Gasteiger partial charge in [0.25, 0.3) is 0 Å². The maximum atomic E-state index is 12.8. The summed E-state index contributed by atoms with van der Waals surface area (Å²) in [5.41, 5.74) is 1.14. The molecule has 0 aliphatic carbocycles. The summed E-state index contributed by atoms with van der Waals surface area (Å²) >= 11 is 1.34. The zero-order valence-corrected chi connectivity index (χ0v) is 14.0. The Kier molecular flexibility index (Phi) is 5.20. The lowest BCUT2D eigenvalue weighted by Crippen LogP contribution is -2.27. The largest absolute Gasteiger partial charge is 0.333 e. The highest BCUT2D eigenvalue weighted by atomic mass is 32.1. The van der Waals surface area contributed by atoms with Crippen molar-refractivity contribution in [2.45, 2.75) is 6.54 Å². The smallest absolute Gasteiger partial charge is 0.319 e. The van der Waals surface area contributed by atoms with E-state index in [0.717, 1.165) is 4.88 Å². The van der Waals surface area contributed by atoms with E-state index in [1.54, 1.807) is 18.2 Å². The summed E-state index contributed by atoms with van der Waals surface area (Å²) in [6.45, 7) is 0.305. The predicted octanol–water partition coefficient (Wildman–Crippen LogP) is 4.44. The van der Waals surface area contributed by atoms with E-state index in [0.29, 0.717) is 22.7 Å². The maximum absolute atomic E-state index is 12.8. The fourth-order valence-electron chi connectivity index (χ4n) is 2.20. The number of benzene rings is 2. The lowest BCUT2D eigenvalue weighted by molar-refractivity contribution is 0.104. The monoisotopic (exact) mass is 354 g/mol. The summed E-state index contributed by atoms with van der Waals surface area (Å²) in [4.78, 5) is 25.7. The van der Waals surface area contributed by atoms with Crippen LogP contribution in [-0.2, 0) is 6.54 Å². The zero-order valence-electron chi connectivity index (χ0n) is 13.2. The van der Waals surface area contributed by atoms with Gasteiger partial charge >= 0.3 is 6.03 Å². The third-order valence-corrected chi connectivity index (χ3v) is 4.53. The van der Waals surface area contributed by atoms with E-state index in [4.69, 9.17) is 0 Å². The molecule has 0 atom stereocenters. The fraction of sp³-hybridized carbons (Fsp3) is 0.0526. The van der Waals surface area contributed by atoms with E-state index in [2.05, 4.69) is 10.6 Å². The molecule has 0 unspecified atom stereocenters. The molecule has 6 heteroatoms. The molecular formula is C19H15FN2O2S. The van der Waals surface area contributed by atoms with Crippen molar-refractivity contribution in [1.82, 2.24) is 5.32 Å². The number of amides is 2. The third-order valence-electron chi connectivity index (χ3n) is 3.45. The van der Waals surface area contributed by atoms with Crippen molar-refractivity contribution in [2.24, 2.45) is 0 Å². The fourth-order valence-corrected chi connectivity index (χ4v) is 3.11. The molecule has 0 saturated heterocycles. The first kappa shape index (κ1) is 16.9. The standard InChI is InChI=1S/C19H15FN2O2S/c20-14-6-8-15(9-7-14)22-19(24)21-12-16-10-11-17(25-16)18(23)13-4-2-1-3-5-13/h1-11H,12H2,(H2,21,22,24). The number of anilines is 1. The quantitative estimate of drug-likeness (QED) is 0.666. The van der Waals surface area contributed by atoms with Crippen LogP contribution >= 0.6 is 11.3 Å². The average Bonchev–Trinajstić information content (AvgIpc) is 3.11. The Labute approximate surface area is 148 Å². The molecule has 1 aromatic heterocycles. The summed E-state index contributed by atoms with van der Waals surface area (Å²) < 4.78 is 12.8. The highest BCUT2D eigenvalue weighted by Crippen LogP contribution is 2.20. The van der Waals surface area contributed by atoms with Crippen molar-refractivity contribution in [2.75, 3.05) is 5.32 Å². The van der Waals surface area contributed by atoms with Gasteiger partial charge in [-0.05, 0) is 36.4 Å². The van der Waals surface area contributed by atoms with Gasteiger partial charge < -0.3 is 10.6 Å². The maximum Gasteiger partial charge on any atom is 0.319 e. The Bertz CT molecular complexity index is 876. The number of rotatable bonds is 5. The van der Waals surface area contributed by atoms with E-state index in [1.807, 2.05) is 24.3 Å². The van der Waals surface area contributed by atoms with Gasteiger partial charge in [-0.15, -0.1) is 11.3 Å². The Hall–Kier alpha value is -2.99. The van der Waals surface area contributed by atoms with E-state index in [1.165, 1.54) is 35.6 Å². The average molecular weight is 354 g/mol. The van der Waals surface area contributed by atoms with Gasteiger partial charge in [0.1, 0.15) is 5.82 Å². The molecule has 0 aliphatic rings. The number of carbonyl (C=O) groups is 2. The van der Waals surface area contributed by atoms with E-state index < -0.39 is 6.03 Å². The van der Waals surface area contributed by atoms with Crippen LogP contribution in [0.15, 0.2) is 66.7 Å². The number of urea groups is 1. The normalized spacial score (nSPS) is 10.3. The Morgan fingerprint density at radius 2 is 1.64 bits per heavy atom. The van der Waals surface area contributed by atoms with Crippen molar-refractivity contribution in [3.05, 3.63) is 87.9 Å². The SMILES string of the molecule is O=C(NCc1ccc(C(=O)c2ccccc2)s1)Nc1ccc(F)cc1. The second-order valence-electron chi connectivity index (χ2n) is 5.28. The second-order valence-corrected chi connectivity index (χ2v) is 6.44. The van der Waals surface area contributed by atoms with Crippen LogP contribution in [0, 0.1) is 5.82 Å². The zero-order chi connectivity index (χ0) is 17.6. The molecule has 0 aliphatic heterocycles. The van der Waals surface area contributed by atoms with Crippen LogP contribution in [0.1, 0.15) is 20.1 Å². The molecular weight excluding hydrogens is 339 g/mol. The van der Waals surface area contributed by atoms with Crippen LogP contribution in [0.2, 0.25) is 0 Å². The predicted molar refractivity (Wildman–Crippen MR) is 96.5 cm³/mol. The van der Waals surface area contributed by atoms with Gasteiger partial charge in [0.05, 0.1) is 11.4 Å². The summed E-state index contributed by atoms with van der Waals surface area (Å²) in [7, 11) is 0. The van der Waals surface area contributed by atoms with Crippen LogP contribution in [0.3, 0.4) is 0 Å². The molecule has 2 amide bonds. The van der Waals surface area contributed by atoms with Crippen molar-refractivity contribution >= 4 is 28.8 Å². The minimum atomic E-state index is -0.393. The highest BCUT2D eigenvalue weighted by molar-refractivity contribution is 7.14. The summed E-state index contributed by atoms with van der Waals surface area (Å²) in [5, 5.41) is 5.33. The lowest BCUT2D eigenvalue weighted by atomic mass is 10.1. The van der Waals surface area contributed by atoms with Gasteiger partial charge in [-0.1, -0.05) is 30.3 Å². The van der Waals surface area contributed by atoms with Crippen molar-refractivity contribution < 1.29 is 14.0 Å². The van der Waals surface area contributed by atoms with E-state index >= 15 is 0 Å². The molecule has 1 heterocycles. The molecule has 3 aromatic rings. The minimum absolute atomic E-state index is 0.0346. The van der Waals surface area contributed by atoms with Crippen LogP contribution in [-0.4, -0.2) is 11.8 Å². The first-order valence-electron chi connectivity index (χ1n) is 7.61. The molecule has 0 radical (unpaired) electrons. The van der Waals surface area contributed by atoms with Gasteiger partial charge in [-0.2, -0.15) is 0 Å². The Balaban J connectivity index is 1.55. The van der Waals surface area contributed by atoms with Gasteiger partial charge in [0.2, 0.25) is 5.78 Å². The molecule has 2 N–H and O–H groups in total. The highest BCUT2D eigenvalue weighted by Gasteiger charge is 2.12. The molecule has 0 spiro atoms. The van der Waals surface area contributed by atoms with Gasteiger partial charge in [-0.25, -0.2) is 9.18 Å². The van der Waals surface area contributed by atoms with Crippen molar-refractivity contribution in [3.63, 3.8) is 0 Å². The van der Waals surface area contributed by atoms with Gasteiger partial charge in [0, 0.05) is 16.1 Å². The molecule has 4 nitrogen and oxygen atoms in total. The number of nitrogens with one attached hydrogen (secondary N) is 2. The van der Waals surface area contributed by atoms with Crippen molar-refractivity contribution in [1.29, 1.82) is 0 Å². The molecule has 0 saturated carbocycles. The van der Waals surface area contributed by atoms with Crippen LogP contribution < -0.4 is 10.6 Å². The summed E-state index contributed by atoms with van der Waals surface area (Å²) in [6.07, 6.45) is 0. The topological polar surface area (TPSA) is 58.2 Å². The number of thiophene rings is 1. The van der Waals surface area contributed by atoms with E-state index in [-0.39, 0.29) is 11.6 Å². The first-order valence-corrected chi connectivity index (χ1v) is 8.42. The molecule has 126 valence electrons. The molecule has 25 heavy (non-hydrogen) atoms. The van der Waals surface area contributed by atoms with E-state index in [9.17, 15) is 14.0 Å². The first-order chi connectivity index (χ1) is 12.1. The molecule has 0 fully saturated rings. The lowest BCUT2D eigenvalue weighted by Gasteiger charge is -2.06. The number of hydrogen-bond donors (Lipinski definition) is 2.